The van der Waals surface area contributed by atoms with Gasteiger partial charge in [-0.25, -0.2) is 0 Å². The zero-order valence-electron chi connectivity index (χ0n) is 17.4. The first-order valence-electron chi connectivity index (χ1n) is 10.7. The molecule has 0 nitrogen and oxygen atoms in total. The summed E-state index contributed by atoms with van der Waals surface area (Å²) in [6.45, 7) is 4.56. The summed E-state index contributed by atoms with van der Waals surface area (Å²) in [5.74, 6) is 0. The van der Waals surface area contributed by atoms with Crippen LogP contribution < -0.4 is 0 Å². The molecule has 0 N–H and O–H groups in total. The van der Waals surface area contributed by atoms with Crippen molar-refractivity contribution in [3.05, 3.63) is 82.6 Å². The number of unbranched alkanes of at least 4 members (excludes halogenated alkanes) is 4. The van der Waals surface area contributed by atoms with Gasteiger partial charge in [0.05, 0.1) is 0 Å². The molecule has 2 rings (SSSR count). The van der Waals surface area contributed by atoms with Crippen molar-refractivity contribution in [3.8, 4) is 0 Å². The van der Waals surface area contributed by atoms with Crippen molar-refractivity contribution in [2.24, 2.45) is 0 Å². The first kappa shape index (κ1) is 22.9. The molecule has 0 aromatic heterocycles. The smallest absolute Gasteiger partial charge is 0.0119 e. The molecule has 0 aliphatic heterocycles. The third-order valence-corrected chi connectivity index (χ3v) is 6.58. The van der Waals surface area contributed by atoms with Gasteiger partial charge in [-0.15, -0.1) is 0 Å². The van der Waals surface area contributed by atoms with Crippen LogP contribution in [0.3, 0.4) is 0 Å². The molecule has 0 bridgehead atoms. The Morgan fingerprint density at radius 1 is 0.714 bits per heavy atom. The number of thioether (sulfide) groups is 2. The average molecular weight is 411 g/mol. The second-order valence-electron chi connectivity index (χ2n) is 7.06. The quantitative estimate of drug-likeness (QED) is 0.183. The highest BCUT2D eigenvalue weighted by Crippen LogP contribution is 2.33. The van der Waals surface area contributed by atoms with Gasteiger partial charge >= 0.3 is 0 Å². The molecule has 0 fully saturated rings. The lowest BCUT2D eigenvalue weighted by Gasteiger charge is -2.10. The van der Waals surface area contributed by atoms with Crippen molar-refractivity contribution in [2.45, 2.75) is 75.0 Å². The van der Waals surface area contributed by atoms with Crippen molar-refractivity contribution < 1.29 is 0 Å². The molecule has 0 saturated heterocycles. The van der Waals surface area contributed by atoms with Gasteiger partial charge in [0.1, 0.15) is 0 Å². The van der Waals surface area contributed by atoms with Gasteiger partial charge in [0.15, 0.2) is 0 Å². The van der Waals surface area contributed by atoms with Crippen molar-refractivity contribution >= 4 is 23.5 Å². The van der Waals surface area contributed by atoms with Crippen molar-refractivity contribution in [1.29, 1.82) is 0 Å². The molecule has 0 atom stereocenters. The molecule has 0 spiro atoms. The van der Waals surface area contributed by atoms with Crippen LogP contribution in [0.15, 0.2) is 92.4 Å². The van der Waals surface area contributed by atoms with Crippen molar-refractivity contribution in [1.82, 2.24) is 0 Å². The first-order valence-corrected chi connectivity index (χ1v) is 12.4. The molecule has 0 radical (unpaired) electrons. The Kier molecular flexibility index (Phi) is 11.9. The van der Waals surface area contributed by atoms with Crippen LogP contribution in [0, 0.1) is 0 Å². The van der Waals surface area contributed by atoms with E-state index in [-0.39, 0.29) is 0 Å². The normalized spacial score (nSPS) is 12.4. The fourth-order valence-corrected chi connectivity index (χ4v) is 4.78. The summed E-state index contributed by atoms with van der Waals surface area (Å²) in [6, 6.07) is 21.5. The summed E-state index contributed by atoms with van der Waals surface area (Å²) in [4.78, 5) is 4.15. The lowest BCUT2D eigenvalue weighted by Crippen LogP contribution is -1.86. The zero-order valence-corrected chi connectivity index (χ0v) is 19.0. The van der Waals surface area contributed by atoms with Crippen molar-refractivity contribution in [2.75, 3.05) is 0 Å². The Bertz CT molecular complexity index is 702. The van der Waals surface area contributed by atoms with Crippen LogP contribution in [0.2, 0.25) is 0 Å². The average Bonchev–Trinajstić information content (AvgIpc) is 2.73. The highest BCUT2D eigenvalue weighted by molar-refractivity contribution is 8.03. The summed E-state index contributed by atoms with van der Waals surface area (Å²) in [7, 11) is 0. The highest BCUT2D eigenvalue weighted by atomic mass is 32.2. The molecular formula is C26H34S2. The summed E-state index contributed by atoms with van der Waals surface area (Å²) in [5.41, 5.74) is 1.47. The van der Waals surface area contributed by atoms with Crippen molar-refractivity contribution in [3.63, 3.8) is 0 Å². The van der Waals surface area contributed by atoms with Gasteiger partial charge in [-0.1, -0.05) is 99.5 Å². The fraction of sp³-hybridized carbons (Fsp3) is 0.385. The largest absolute Gasteiger partial charge is 0.0978 e. The predicted octanol–water partition coefficient (Wildman–Crippen LogP) is 9.50. The fourth-order valence-electron chi connectivity index (χ4n) is 2.94. The minimum atomic E-state index is 1.17. The molecule has 2 aromatic rings. The maximum absolute atomic E-state index is 2.47. The summed E-state index contributed by atoms with van der Waals surface area (Å²) in [6.07, 6.45) is 12.5. The number of rotatable bonds is 13. The zero-order chi connectivity index (χ0) is 19.9. The molecule has 0 unspecified atom stereocenters. The van der Waals surface area contributed by atoms with Crippen LogP contribution in [-0.4, -0.2) is 0 Å². The van der Waals surface area contributed by atoms with Crippen LogP contribution in [-0.2, 0) is 0 Å². The minimum Gasteiger partial charge on any atom is -0.0978 e. The van der Waals surface area contributed by atoms with Crippen LogP contribution in [0.25, 0.3) is 0 Å². The lowest BCUT2D eigenvalue weighted by molar-refractivity contribution is 0.715. The van der Waals surface area contributed by atoms with E-state index in [9.17, 15) is 0 Å². The third kappa shape index (κ3) is 9.71. The van der Waals surface area contributed by atoms with Gasteiger partial charge < -0.3 is 0 Å². The van der Waals surface area contributed by atoms with Gasteiger partial charge in [0.25, 0.3) is 0 Å². The van der Waals surface area contributed by atoms with Gasteiger partial charge in [-0.3, -0.25) is 0 Å². The van der Waals surface area contributed by atoms with Gasteiger partial charge in [-0.2, -0.15) is 0 Å². The van der Waals surface area contributed by atoms with E-state index in [4.69, 9.17) is 0 Å². The number of hydrogen-bond donors (Lipinski definition) is 0. The van der Waals surface area contributed by atoms with Gasteiger partial charge in [0, 0.05) is 9.79 Å². The van der Waals surface area contributed by atoms with E-state index in [0.29, 0.717) is 0 Å². The second kappa shape index (κ2) is 14.6. The van der Waals surface area contributed by atoms with E-state index in [2.05, 4.69) is 86.0 Å². The summed E-state index contributed by atoms with van der Waals surface area (Å²) >= 11 is 3.79. The summed E-state index contributed by atoms with van der Waals surface area (Å²) in [5, 5.41) is 2.37. The standard InChI is InChI=1S/C26H34S2/c1-3-5-9-15-23(22-27-24-16-11-7-12-17-24)21-26(20-10-6-4-2)28-25-18-13-8-14-19-25/h7-8,11-14,16-19,21-22H,3-6,9-10,15,20H2,1-2H3/b23-22+,26-21-. The Balaban J connectivity index is 2.16. The van der Waals surface area contributed by atoms with E-state index in [1.165, 1.54) is 71.6 Å². The number of allylic oxidation sites excluding steroid dienone is 3. The van der Waals surface area contributed by atoms with Crippen LogP contribution in [0.4, 0.5) is 0 Å². The van der Waals surface area contributed by atoms with Crippen LogP contribution >= 0.6 is 23.5 Å². The third-order valence-electron chi connectivity index (χ3n) is 4.52. The topological polar surface area (TPSA) is 0 Å². The SMILES string of the molecule is CCCCC/C(=C/C(=C/Sc1ccccc1)CCCCC)Sc1ccccc1. The maximum Gasteiger partial charge on any atom is 0.0119 e. The lowest BCUT2D eigenvalue weighted by atomic mass is 10.1. The molecule has 0 amide bonds. The maximum atomic E-state index is 2.47. The Morgan fingerprint density at radius 2 is 1.29 bits per heavy atom. The molecule has 0 aliphatic rings. The molecule has 2 heteroatoms. The molecule has 0 heterocycles. The monoisotopic (exact) mass is 410 g/mol. The van der Waals surface area contributed by atoms with Crippen LogP contribution in [0.1, 0.15) is 65.2 Å². The predicted molar refractivity (Wildman–Crippen MR) is 129 cm³/mol. The van der Waals surface area contributed by atoms with E-state index in [1.54, 1.807) is 0 Å². The van der Waals surface area contributed by atoms with E-state index < -0.39 is 0 Å². The summed E-state index contributed by atoms with van der Waals surface area (Å²) < 4.78 is 0. The molecule has 28 heavy (non-hydrogen) atoms. The Labute approximate surface area is 180 Å². The van der Waals surface area contributed by atoms with E-state index in [0.717, 1.165) is 0 Å². The molecule has 0 aliphatic carbocycles. The number of hydrogen-bond acceptors (Lipinski definition) is 2. The highest BCUT2D eigenvalue weighted by Gasteiger charge is 2.04. The van der Waals surface area contributed by atoms with E-state index >= 15 is 0 Å². The van der Waals surface area contributed by atoms with Gasteiger partial charge in [-0.05, 0) is 71.9 Å². The molecule has 2 aromatic carbocycles. The Morgan fingerprint density at radius 3 is 1.89 bits per heavy atom. The number of benzene rings is 2. The molecule has 150 valence electrons. The first-order chi connectivity index (χ1) is 13.8. The Hall–Kier alpha value is -1.38. The molecular weight excluding hydrogens is 376 g/mol. The minimum absolute atomic E-state index is 1.17. The van der Waals surface area contributed by atoms with E-state index in [1.807, 2.05) is 23.5 Å². The van der Waals surface area contributed by atoms with Crippen LogP contribution in [0.5, 0.6) is 0 Å². The second-order valence-corrected chi connectivity index (χ2v) is 9.21. The van der Waals surface area contributed by atoms with Gasteiger partial charge in [0.2, 0.25) is 0 Å². The molecule has 0 saturated carbocycles.